The minimum atomic E-state index is -0.768. The van der Waals surface area contributed by atoms with Crippen molar-refractivity contribution in [3.8, 4) is 0 Å². The van der Waals surface area contributed by atoms with Crippen molar-refractivity contribution >= 4 is 11.9 Å². The number of carbonyl (C=O) groups excluding carboxylic acids is 1. The number of aliphatic carboxylic acids is 1. The zero-order valence-electron chi connectivity index (χ0n) is 13.7. The highest BCUT2D eigenvalue weighted by Gasteiger charge is 2.56. The first-order chi connectivity index (χ1) is 10.9. The fraction of sp³-hybridized carbons (Fsp3) is 0.750. The van der Waals surface area contributed by atoms with Gasteiger partial charge in [0.1, 0.15) is 0 Å². The van der Waals surface area contributed by atoms with Gasteiger partial charge in [0, 0.05) is 19.6 Å². The van der Waals surface area contributed by atoms with Gasteiger partial charge in [-0.3, -0.25) is 14.3 Å². The highest BCUT2D eigenvalue weighted by atomic mass is 16.4. The van der Waals surface area contributed by atoms with Crippen molar-refractivity contribution in [3.05, 3.63) is 11.9 Å². The van der Waals surface area contributed by atoms with Gasteiger partial charge in [-0.25, -0.2) is 0 Å². The molecule has 0 aromatic carbocycles. The molecule has 1 aliphatic heterocycles. The number of hydrogen-bond acceptors (Lipinski definition) is 4. The van der Waals surface area contributed by atoms with Gasteiger partial charge >= 0.3 is 5.97 Å². The maximum absolute atomic E-state index is 12.6. The number of likely N-dealkylation sites (tertiary alicyclic amines) is 1. The van der Waals surface area contributed by atoms with Crippen molar-refractivity contribution in [1.82, 2.24) is 19.9 Å². The van der Waals surface area contributed by atoms with Crippen LogP contribution in [-0.4, -0.2) is 50.0 Å². The summed E-state index contributed by atoms with van der Waals surface area (Å²) in [5, 5.41) is 17.6. The van der Waals surface area contributed by atoms with E-state index in [1.165, 1.54) is 0 Å². The van der Waals surface area contributed by atoms with Crippen LogP contribution in [0.15, 0.2) is 6.20 Å². The molecular formula is C16H24N4O3. The summed E-state index contributed by atoms with van der Waals surface area (Å²) in [6.45, 7) is 5.82. The Balaban J connectivity index is 1.69. The molecule has 23 heavy (non-hydrogen) atoms. The van der Waals surface area contributed by atoms with Crippen LogP contribution in [0.3, 0.4) is 0 Å². The van der Waals surface area contributed by atoms with Gasteiger partial charge in [0.15, 0.2) is 5.69 Å². The van der Waals surface area contributed by atoms with Crippen LogP contribution in [0.5, 0.6) is 0 Å². The summed E-state index contributed by atoms with van der Waals surface area (Å²) in [5.41, 5.74) is -0.433. The first-order valence-corrected chi connectivity index (χ1v) is 8.35. The highest BCUT2D eigenvalue weighted by Crippen LogP contribution is 2.49. The number of carboxylic acids is 1. The van der Waals surface area contributed by atoms with Crippen molar-refractivity contribution in [2.75, 3.05) is 13.1 Å². The Kier molecular flexibility index (Phi) is 4.12. The Bertz CT molecular complexity index is 612. The summed E-state index contributed by atoms with van der Waals surface area (Å²) in [4.78, 5) is 26.0. The second-order valence-electron chi connectivity index (χ2n) is 7.29. The van der Waals surface area contributed by atoms with Gasteiger partial charge in [0.2, 0.25) is 0 Å². The molecule has 1 aromatic rings. The third kappa shape index (κ3) is 2.84. The van der Waals surface area contributed by atoms with Crippen LogP contribution in [0.2, 0.25) is 0 Å². The topological polar surface area (TPSA) is 88.3 Å². The third-order valence-corrected chi connectivity index (χ3v) is 5.28. The van der Waals surface area contributed by atoms with Gasteiger partial charge < -0.3 is 10.0 Å². The third-order valence-electron chi connectivity index (χ3n) is 5.28. The van der Waals surface area contributed by atoms with E-state index in [1.54, 1.807) is 15.8 Å². The second-order valence-corrected chi connectivity index (χ2v) is 7.29. The van der Waals surface area contributed by atoms with Crippen molar-refractivity contribution in [2.45, 2.75) is 46.1 Å². The summed E-state index contributed by atoms with van der Waals surface area (Å²) in [6, 6.07) is 0. The Hall–Kier alpha value is -1.92. The van der Waals surface area contributed by atoms with E-state index in [1.807, 2.05) is 0 Å². The van der Waals surface area contributed by atoms with Crippen LogP contribution < -0.4 is 0 Å². The number of nitrogens with zero attached hydrogens (tertiary/aromatic N) is 4. The fourth-order valence-electron chi connectivity index (χ4n) is 3.85. The molecule has 0 radical (unpaired) electrons. The summed E-state index contributed by atoms with van der Waals surface area (Å²) in [7, 11) is 0. The van der Waals surface area contributed by atoms with E-state index in [4.69, 9.17) is 0 Å². The molecule has 0 bridgehead atoms. The number of aromatic nitrogens is 3. The molecule has 2 atom stereocenters. The van der Waals surface area contributed by atoms with Gasteiger partial charge in [-0.1, -0.05) is 25.5 Å². The van der Waals surface area contributed by atoms with Crippen molar-refractivity contribution < 1.29 is 14.7 Å². The minimum Gasteiger partial charge on any atom is -0.481 e. The Morgan fingerprint density at radius 1 is 1.48 bits per heavy atom. The maximum atomic E-state index is 12.6. The molecule has 1 saturated heterocycles. The zero-order chi connectivity index (χ0) is 16.6. The molecule has 1 aromatic heterocycles. The van der Waals surface area contributed by atoms with Crippen molar-refractivity contribution in [3.63, 3.8) is 0 Å². The Morgan fingerprint density at radius 3 is 2.91 bits per heavy atom. The largest absolute Gasteiger partial charge is 0.481 e. The average Bonchev–Trinajstić information content (AvgIpc) is 3.17. The first kappa shape index (κ1) is 16.0. The number of rotatable bonds is 5. The van der Waals surface area contributed by atoms with Gasteiger partial charge in [-0.2, -0.15) is 0 Å². The summed E-state index contributed by atoms with van der Waals surface area (Å²) < 4.78 is 1.69. The maximum Gasteiger partial charge on any atom is 0.311 e. The molecular weight excluding hydrogens is 296 g/mol. The van der Waals surface area contributed by atoms with Gasteiger partial charge in [0.05, 0.1) is 11.6 Å². The monoisotopic (exact) mass is 320 g/mol. The summed E-state index contributed by atoms with van der Waals surface area (Å²) in [6.07, 6.45) is 5.14. The molecule has 2 aliphatic rings. The fourth-order valence-corrected chi connectivity index (χ4v) is 3.85. The van der Waals surface area contributed by atoms with Crippen molar-refractivity contribution in [1.29, 1.82) is 0 Å². The number of fused-ring (bicyclic) bond motifs is 1. The normalized spacial score (nSPS) is 26.7. The molecule has 7 nitrogen and oxygen atoms in total. The zero-order valence-corrected chi connectivity index (χ0v) is 13.7. The van der Waals surface area contributed by atoms with Crippen LogP contribution in [0.25, 0.3) is 0 Å². The molecule has 1 aliphatic carbocycles. The van der Waals surface area contributed by atoms with E-state index >= 15 is 0 Å². The number of carboxylic acid groups (broad SMARTS) is 1. The highest BCUT2D eigenvalue weighted by molar-refractivity contribution is 5.93. The molecule has 0 spiro atoms. The van der Waals surface area contributed by atoms with Gasteiger partial charge in [0.25, 0.3) is 5.91 Å². The van der Waals surface area contributed by atoms with E-state index < -0.39 is 11.4 Å². The lowest BCUT2D eigenvalue weighted by atomic mass is 9.81. The van der Waals surface area contributed by atoms with E-state index in [2.05, 4.69) is 24.2 Å². The van der Waals surface area contributed by atoms with Crippen LogP contribution in [0.1, 0.15) is 50.0 Å². The molecule has 7 heteroatoms. The lowest BCUT2D eigenvalue weighted by Crippen LogP contribution is -2.37. The predicted octanol–water partition coefficient (Wildman–Crippen LogP) is 1.65. The second kappa shape index (κ2) is 5.94. The SMILES string of the molecule is CC(C)CCn1cc(C(=O)N2C[C@@H]3CCC[C@@]3(C(=O)O)C2)nn1. The molecule has 3 rings (SSSR count). The molecule has 2 heterocycles. The first-order valence-electron chi connectivity index (χ1n) is 8.35. The summed E-state index contributed by atoms with van der Waals surface area (Å²) in [5.74, 6) is -0.335. The molecule has 1 saturated carbocycles. The molecule has 126 valence electrons. The van der Waals surface area contributed by atoms with Crippen molar-refractivity contribution in [2.24, 2.45) is 17.3 Å². The molecule has 1 N–H and O–H groups in total. The number of amides is 1. The van der Waals surface area contributed by atoms with E-state index in [9.17, 15) is 14.7 Å². The van der Waals surface area contributed by atoms with E-state index in [-0.39, 0.29) is 11.8 Å². The Morgan fingerprint density at radius 2 is 2.26 bits per heavy atom. The molecule has 2 fully saturated rings. The Labute approximate surface area is 135 Å². The van der Waals surface area contributed by atoms with Crippen LogP contribution >= 0.6 is 0 Å². The smallest absolute Gasteiger partial charge is 0.311 e. The molecule has 1 amide bonds. The standard InChI is InChI=1S/C16H24N4O3/c1-11(2)5-7-20-9-13(17-18-20)14(21)19-8-12-4-3-6-16(12,10-19)15(22)23/h9,11-12H,3-8,10H2,1-2H3,(H,22,23)/t12-,16+/m0/s1. The predicted molar refractivity (Wildman–Crippen MR) is 82.8 cm³/mol. The molecule has 0 unspecified atom stereocenters. The van der Waals surface area contributed by atoms with E-state index in [0.717, 1.165) is 25.8 Å². The van der Waals surface area contributed by atoms with E-state index in [0.29, 0.717) is 31.1 Å². The number of aryl methyl sites for hydroxylation is 1. The quantitative estimate of drug-likeness (QED) is 0.891. The van der Waals surface area contributed by atoms with Crippen LogP contribution in [-0.2, 0) is 11.3 Å². The number of hydrogen-bond donors (Lipinski definition) is 1. The van der Waals surface area contributed by atoms with Gasteiger partial charge in [-0.05, 0) is 31.1 Å². The van der Waals surface area contributed by atoms with Crippen LogP contribution in [0.4, 0.5) is 0 Å². The number of carbonyl (C=O) groups is 2. The average molecular weight is 320 g/mol. The van der Waals surface area contributed by atoms with Gasteiger partial charge in [-0.15, -0.1) is 5.10 Å². The minimum absolute atomic E-state index is 0.0694. The lowest BCUT2D eigenvalue weighted by molar-refractivity contribution is -0.149. The summed E-state index contributed by atoms with van der Waals surface area (Å²) >= 11 is 0. The lowest BCUT2D eigenvalue weighted by Gasteiger charge is -2.22. The van der Waals surface area contributed by atoms with Crippen LogP contribution in [0, 0.1) is 17.3 Å².